The molecule has 0 N–H and O–H groups in total. The summed E-state index contributed by atoms with van der Waals surface area (Å²) in [5.41, 5.74) is 1.50. The van der Waals surface area contributed by atoms with Crippen molar-refractivity contribution < 1.29 is 23.5 Å². The van der Waals surface area contributed by atoms with E-state index in [1.807, 2.05) is 25.3 Å². The Bertz CT molecular complexity index is 1120. The first-order valence-corrected chi connectivity index (χ1v) is 9.24. The number of para-hydroxylation sites is 1. The first-order valence-electron chi connectivity index (χ1n) is 9.24. The van der Waals surface area contributed by atoms with Crippen molar-refractivity contribution in [2.45, 2.75) is 26.8 Å². The van der Waals surface area contributed by atoms with Crippen LogP contribution in [0.2, 0.25) is 0 Å². The molecule has 0 aliphatic carbocycles. The zero-order chi connectivity index (χ0) is 21.1. The van der Waals surface area contributed by atoms with Crippen molar-refractivity contribution in [2.24, 2.45) is 0 Å². The van der Waals surface area contributed by atoms with Crippen molar-refractivity contribution in [3.63, 3.8) is 0 Å². The third-order valence-corrected chi connectivity index (χ3v) is 4.83. The number of ketones is 1. The molecular weight excluding hydrogens is 374 g/mol. The molecule has 7 heteroatoms. The Morgan fingerprint density at radius 3 is 2.59 bits per heavy atom. The highest BCUT2D eigenvalue weighted by Gasteiger charge is 2.21. The van der Waals surface area contributed by atoms with E-state index in [-0.39, 0.29) is 17.4 Å². The molecule has 0 aliphatic heterocycles. The van der Waals surface area contributed by atoms with Gasteiger partial charge in [-0.3, -0.25) is 4.79 Å². The van der Waals surface area contributed by atoms with Crippen molar-refractivity contribution in [3.8, 4) is 0 Å². The lowest BCUT2D eigenvalue weighted by Gasteiger charge is -2.17. The van der Waals surface area contributed by atoms with Crippen LogP contribution in [0.25, 0.3) is 11.0 Å². The van der Waals surface area contributed by atoms with Crippen LogP contribution in [0.15, 0.2) is 45.6 Å². The summed E-state index contributed by atoms with van der Waals surface area (Å²) >= 11 is 0. The Morgan fingerprint density at radius 1 is 1.14 bits per heavy atom. The van der Waals surface area contributed by atoms with E-state index in [9.17, 15) is 14.4 Å². The largest absolute Gasteiger partial charge is 0.453 e. The van der Waals surface area contributed by atoms with Gasteiger partial charge in [0.25, 0.3) is 0 Å². The fourth-order valence-electron chi connectivity index (χ4n) is 3.54. The molecular formula is C22H23NO6. The van der Waals surface area contributed by atoms with Crippen molar-refractivity contribution in [1.82, 2.24) is 4.57 Å². The Kier molecular flexibility index (Phi) is 5.98. The first-order chi connectivity index (χ1) is 13.8. The molecule has 3 aromatic rings. The number of hydrogen-bond donors (Lipinski definition) is 0. The summed E-state index contributed by atoms with van der Waals surface area (Å²) in [4.78, 5) is 37.0. The number of Topliss-reactive ketones (excluding diaryl/α,β-unsaturated/α-hetero) is 1. The third kappa shape index (κ3) is 4.14. The minimum atomic E-state index is -0.889. The molecule has 2 heterocycles. The molecule has 0 amide bonds. The number of rotatable bonds is 7. The highest BCUT2D eigenvalue weighted by Crippen LogP contribution is 2.21. The van der Waals surface area contributed by atoms with Crippen LogP contribution < -0.4 is 5.63 Å². The van der Waals surface area contributed by atoms with E-state index in [0.29, 0.717) is 23.1 Å². The fraction of sp³-hybridized carbons (Fsp3) is 0.318. The van der Waals surface area contributed by atoms with Crippen LogP contribution in [0.1, 0.15) is 45.1 Å². The van der Waals surface area contributed by atoms with E-state index >= 15 is 0 Å². The molecule has 1 aromatic carbocycles. The van der Waals surface area contributed by atoms with Crippen molar-refractivity contribution >= 4 is 22.7 Å². The Labute approximate surface area is 167 Å². The zero-order valence-electron chi connectivity index (χ0n) is 16.9. The molecule has 3 rings (SSSR count). The second-order valence-electron chi connectivity index (χ2n) is 6.94. The van der Waals surface area contributed by atoms with Gasteiger partial charge < -0.3 is 18.5 Å². The number of nitrogens with zero attached hydrogens (tertiary/aromatic N) is 1. The number of benzene rings is 1. The molecule has 0 aliphatic rings. The average Bonchev–Trinajstić information content (AvgIpc) is 2.99. The van der Waals surface area contributed by atoms with Gasteiger partial charge in [0.1, 0.15) is 11.1 Å². The van der Waals surface area contributed by atoms with Crippen molar-refractivity contribution in [3.05, 3.63) is 69.3 Å². The standard InChI is InChI=1S/C22H23NO6/c1-13-9-17(15(3)23(13)14(2)11-27-4)19(24)12-28-21(25)18-10-16-7-5-6-8-20(16)29-22(18)26/h5-10,14H,11-12H2,1-4H3/t14-/m1/s1. The lowest BCUT2D eigenvalue weighted by atomic mass is 10.1. The minimum Gasteiger partial charge on any atom is -0.453 e. The monoisotopic (exact) mass is 397 g/mol. The van der Waals surface area contributed by atoms with Gasteiger partial charge >= 0.3 is 11.6 Å². The lowest BCUT2D eigenvalue weighted by Crippen LogP contribution is -2.20. The quantitative estimate of drug-likeness (QED) is 0.345. The second kappa shape index (κ2) is 8.45. The van der Waals surface area contributed by atoms with Gasteiger partial charge in [0.05, 0.1) is 12.6 Å². The second-order valence-corrected chi connectivity index (χ2v) is 6.94. The summed E-state index contributed by atoms with van der Waals surface area (Å²) in [7, 11) is 1.62. The molecule has 152 valence electrons. The number of aryl methyl sites for hydroxylation is 1. The molecule has 0 fully saturated rings. The molecule has 0 radical (unpaired) electrons. The molecule has 0 saturated heterocycles. The predicted octanol–water partition coefficient (Wildman–Crippen LogP) is 3.46. The van der Waals surface area contributed by atoms with Crippen LogP contribution in [0.5, 0.6) is 0 Å². The van der Waals surface area contributed by atoms with Crippen LogP contribution >= 0.6 is 0 Å². The molecule has 2 aromatic heterocycles. The van der Waals surface area contributed by atoms with Crippen LogP contribution in [-0.2, 0) is 9.47 Å². The van der Waals surface area contributed by atoms with Crippen LogP contribution in [0.3, 0.4) is 0 Å². The summed E-state index contributed by atoms with van der Waals surface area (Å²) in [5, 5.41) is 0.598. The Morgan fingerprint density at radius 2 is 1.86 bits per heavy atom. The van der Waals surface area contributed by atoms with Gasteiger partial charge in [-0.05, 0) is 39.0 Å². The van der Waals surface area contributed by atoms with Gasteiger partial charge in [0, 0.05) is 29.4 Å². The summed E-state index contributed by atoms with van der Waals surface area (Å²) in [6.07, 6.45) is 0. The van der Waals surface area contributed by atoms with Gasteiger partial charge in [-0.15, -0.1) is 0 Å². The van der Waals surface area contributed by atoms with E-state index in [1.54, 1.807) is 37.4 Å². The third-order valence-electron chi connectivity index (χ3n) is 4.83. The summed E-state index contributed by atoms with van der Waals surface area (Å²) in [6.45, 7) is 5.79. The van der Waals surface area contributed by atoms with E-state index < -0.39 is 18.2 Å². The number of hydrogen-bond acceptors (Lipinski definition) is 6. The number of aromatic nitrogens is 1. The highest BCUT2D eigenvalue weighted by atomic mass is 16.5. The number of ether oxygens (including phenoxy) is 2. The first kappa shape index (κ1) is 20.5. The maximum absolute atomic E-state index is 12.6. The van der Waals surface area contributed by atoms with Gasteiger partial charge in [-0.25, -0.2) is 9.59 Å². The van der Waals surface area contributed by atoms with Gasteiger partial charge in [-0.2, -0.15) is 0 Å². The van der Waals surface area contributed by atoms with Crippen LogP contribution in [-0.4, -0.2) is 36.6 Å². The summed E-state index contributed by atoms with van der Waals surface area (Å²) in [5.74, 6) is -1.23. The maximum Gasteiger partial charge on any atom is 0.351 e. The molecule has 0 spiro atoms. The normalized spacial score (nSPS) is 12.1. The van der Waals surface area contributed by atoms with Crippen LogP contribution in [0.4, 0.5) is 0 Å². The number of fused-ring (bicyclic) bond motifs is 1. The smallest absolute Gasteiger partial charge is 0.351 e. The van der Waals surface area contributed by atoms with E-state index in [2.05, 4.69) is 0 Å². The molecule has 0 bridgehead atoms. The van der Waals surface area contributed by atoms with Crippen molar-refractivity contribution in [2.75, 3.05) is 20.3 Å². The Balaban J connectivity index is 1.76. The minimum absolute atomic E-state index is 0.0614. The molecule has 7 nitrogen and oxygen atoms in total. The summed E-state index contributed by atoms with van der Waals surface area (Å²) < 4.78 is 17.4. The molecule has 1 atom stereocenters. The van der Waals surface area contributed by atoms with Gasteiger partial charge in [0.15, 0.2) is 6.61 Å². The van der Waals surface area contributed by atoms with Crippen LogP contribution in [0, 0.1) is 13.8 Å². The summed E-state index contributed by atoms with van der Waals surface area (Å²) in [6, 6.07) is 10.1. The highest BCUT2D eigenvalue weighted by molar-refractivity contribution is 6.00. The average molecular weight is 397 g/mol. The van der Waals surface area contributed by atoms with E-state index in [0.717, 1.165) is 11.4 Å². The predicted molar refractivity (Wildman–Crippen MR) is 108 cm³/mol. The number of methoxy groups -OCH3 is 1. The van der Waals surface area contributed by atoms with E-state index in [1.165, 1.54) is 6.07 Å². The lowest BCUT2D eigenvalue weighted by molar-refractivity contribution is 0.0470. The topological polar surface area (TPSA) is 87.7 Å². The number of carbonyl (C=O) groups excluding carboxylic acids is 2. The molecule has 0 unspecified atom stereocenters. The van der Waals surface area contributed by atoms with Gasteiger partial charge in [-0.1, -0.05) is 18.2 Å². The maximum atomic E-state index is 12.6. The molecule has 29 heavy (non-hydrogen) atoms. The SMILES string of the molecule is COC[C@@H](C)n1c(C)cc(C(=O)COC(=O)c2cc3ccccc3oc2=O)c1C. The van der Waals surface area contributed by atoms with Gasteiger partial charge in [0.2, 0.25) is 5.78 Å². The Hall–Kier alpha value is -3.19. The molecule has 0 saturated carbocycles. The fourth-order valence-corrected chi connectivity index (χ4v) is 3.54. The number of carbonyl (C=O) groups is 2. The van der Waals surface area contributed by atoms with E-state index in [4.69, 9.17) is 13.9 Å². The number of esters is 1. The zero-order valence-corrected chi connectivity index (χ0v) is 16.9. The van der Waals surface area contributed by atoms with Crippen molar-refractivity contribution in [1.29, 1.82) is 0 Å².